The molecule has 1 N–H and O–H groups in total. The van der Waals surface area contributed by atoms with Crippen molar-refractivity contribution < 1.29 is 32.0 Å². The Morgan fingerprint density at radius 1 is 1.48 bits per heavy atom. The molecular formula is C12H11F3N2O4. The maximum Gasteiger partial charge on any atom is 0.416 e. The molecular weight excluding hydrogens is 293 g/mol. The average Bonchev–Trinajstić information content (AvgIpc) is 3.07. The first kappa shape index (κ1) is 15.1. The summed E-state index contributed by atoms with van der Waals surface area (Å²) in [5, 5.41) is 12.4. The number of furan rings is 1. The first-order chi connectivity index (χ1) is 9.79. The van der Waals surface area contributed by atoms with Gasteiger partial charge in [-0.3, -0.25) is 4.79 Å². The molecule has 1 atom stereocenters. The van der Waals surface area contributed by atoms with Crippen LogP contribution in [0.1, 0.15) is 10.5 Å². The van der Waals surface area contributed by atoms with Crippen LogP contribution in [0.5, 0.6) is 0 Å². The number of amides is 1. The third kappa shape index (κ3) is 3.43. The summed E-state index contributed by atoms with van der Waals surface area (Å²) in [5.74, 6) is -0.299. The molecule has 0 aliphatic carbocycles. The van der Waals surface area contributed by atoms with Crippen molar-refractivity contribution in [1.29, 1.82) is 0 Å². The smallest absolute Gasteiger partial charge is 0.416 e. The van der Waals surface area contributed by atoms with Crippen molar-refractivity contribution in [3.8, 4) is 11.5 Å². The van der Waals surface area contributed by atoms with Crippen LogP contribution in [0.2, 0.25) is 0 Å². The molecule has 21 heavy (non-hydrogen) atoms. The Bertz CT molecular complexity index is 606. The monoisotopic (exact) mass is 304 g/mol. The number of alkyl halides is 3. The highest BCUT2D eigenvalue weighted by Gasteiger charge is 2.39. The zero-order valence-corrected chi connectivity index (χ0v) is 10.8. The summed E-state index contributed by atoms with van der Waals surface area (Å²) in [6, 6.07) is 4.43. The van der Waals surface area contributed by atoms with Gasteiger partial charge in [0.1, 0.15) is 0 Å². The first-order valence-electron chi connectivity index (χ1n) is 5.80. The Morgan fingerprint density at radius 3 is 2.76 bits per heavy atom. The van der Waals surface area contributed by atoms with Gasteiger partial charge in [0.15, 0.2) is 17.6 Å². The molecule has 2 aromatic heterocycles. The largest absolute Gasteiger partial charge is 0.461 e. The molecule has 0 aromatic carbocycles. The van der Waals surface area contributed by atoms with Crippen molar-refractivity contribution in [1.82, 2.24) is 10.1 Å². The molecule has 0 spiro atoms. The van der Waals surface area contributed by atoms with Gasteiger partial charge < -0.3 is 18.9 Å². The number of aliphatic hydroxyl groups excluding tert-OH is 1. The van der Waals surface area contributed by atoms with E-state index in [9.17, 15) is 18.0 Å². The Balaban J connectivity index is 2.06. The molecule has 0 aliphatic heterocycles. The van der Waals surface area contributed by atoms with Crippen LogP contribution in [-0.2, 0) is 0 Å². The van der Waals surface area contributed by atoms with Crippen molar-refractivity contribution in [2.75, 3.05) is 13.6 Å². The Hall–Kier alpha value is -2.29. The van der Waals surface area contributed by atoms with Gasteiger partial charge in [0.25, 0.3) is 5.91 Å². The molecule has 0 saturated heterocycles. The predicted octanol–water partition coefficient (Wildman–Crippen LogP) is 1.93. The lowest BCUT2D eigenvalue weighted by Crippen LogP contribution is -2.41. The van der Waals surface area contributed by atoms with E-state index in [1.165, 1.54) is 12.3 Å². The van der Waals surface area contributed by atoms with Crippen LogP contribution < -0.4 is 0 Å². The van der Waals surface area contributed by atoms with Gasteiger partial charge in [0, 0.05) is 13.1 Å². The molecule has 0 aliphatic rings. The van der Waals surface area contributed by atoms with E-state index in [0.29, 0.717) is 10.7 Å². The number of carbonyl (C=O) groups excluding carboxylic acids is 1. The Labute approximate surface area is 116 Å². The average molecular weight is 304 g/mol. The van der Waals surface area contributed by atoms with Gasteiger partial charge >= 0.3 is 6.18 Å². The predicted molar refractivity (Wildman–Crippen MR) is 63.2 cm³/mol. The molecule has 2 aromatic rings. The first-order valence-corrected chi connectivity index (χ1v) is 5.80. The van der Waals surface area contributed by atoms with Gasteiger partial charge in [-0.1, -0.05) is 5.16 Å². The Kier molecular flexibility index (Phi) is 4.03. The number of rotatable bonds is 4. The number of carbonyl (C=O) groups is 1. The van der Waals surface area contributed by atoms with E-state index < -0.39 is 24.7 Å². The van der Waals surface area contributed by atoms with E-state index in [1.807, 2.05) is 0 Å². The zero-order valence-electron chi connectivity index (χ0n) is 10.8. The quantitative estimate of drug-likeness (QED) is 0.933. The van der Waals surface area contributed by atoms with Crippen molar-refractivity contribution >= 4 is 5.91 Å². The standard InChI is InChI=1S/C12H11F3N2O4/c1-17(6-10(18)12(13,14)15)11(19)7-5-9(21-16-7)8-3-2-4-20-8/h2-5,10,18H,6H2,1H3. The van der Waals surface area contributed by atoms with Crippen molar-refractivity contribution in [2.24, 2.45) is 0 Å². The van der Waals surface area contributed by atoms with E-state index in [0.717, 1.165) is 7.05 Å². The second-order valence-corrected chi connectivity index (χ2v) is 4.30. The normalized spacial score (nSPS) is 13.2. The number of nitrogens with zero attached hydrogens (tertiary/aromatic N) is 2. The van der Waals surface area contributed by atoms with Crippen molar-refractivity contribution in [3.05, 3.63) is 30.2 Å². The highest BCUT2D eigenvalue weighted by atomic mass is 19.4. The fourth-order valence-corrected chi connectivity index (χ4v) is 1.55. The van der Waals surface area contributed by atoms with Gasteiger partial charge in [-0.15, -0.1) is 0 Å². The van der Waals surface area contributed by atoms with E-state index in [2.05, 4.69) is 5.16 Å². The minimum Gasteiger partial charge on any atom is -0.461 e. The zero-order chi connectivity index (χ0) is 15.6. The van der Waals surface area contributed by atoms with Crippen LogP contribution in [0.15, 0.2) is 33.4 Å². The Morgan fingerprint density at radius 2 is 2.19 bits per heavy atom. The molecule has 0 fully saturated rings. The van der Waals surface area contributed by atoms with Crippen LogP contribution in [0.3, 0.4) is 0 Å². The lowest BCUT2D eigenvalue weighted by Gasteiger charge is -2.21. The molecule has 1 unspecified atom stereocenters. The summed E-state index contributed by atoms with van der Waals surface area (Å²) in [7, 11) is 1.12. The second kappa shape index (κ2) is 5.60. The molecule has 0 bridgehead atoms. The van der Waals surface area contributed by atoms with Crippen molar-refractivity contribution in [3.63, 3.8) is 0 Å². The van der Waals surface area contributed by atoms with E-state index >= 15 is 0 Å². The minimum atomic E-state index is -4.79. The molecule has 0 radical (unpaired) electrons. The van der Waals surface area contributed by atoms with Crippen molar-refractivity contribution in [2.45, 2.75) is 12.3 Å². The molecule has 6 nitrogen and oxygen atoms in total. The second-order valence-electron chi connectivity index (χ2n) is 4.30. The third-order valence-electron chi connectivity index (χ3n) is 2.66. The summed E-state index contributed by atoms with van der Waals surface area (Å²) >= 11 is 0. The fraction of sp³-hybridized carbons (Fsp3) is 0.333. The lowest BCUT2D eigenvalue weighted by molar-refractivity contribution is -0.205. The topological polar surface area (TPSA) is 79.7 Å². The molecule has 1 amide bonds. The summed E-state index contributed by atoms with van der Waals surface area (Å²) < 4.78 is 46.6. The summed E-state index contributed by atoms with van der Waals surface area (Å²) in [4.78, 5) is 12.6. The van der Waals surface area contributed by atoms with Gasteiger partial charge in [0.05, 0.1) is 12.8 Å². The molecule has 114 valence electrons. The number of hydrogen-bond acceptors (Lipinski definition) is 5. The molecule has 2 rings (SSSR count). The minimum absolute atomic E-state index is 0.174. The SMILES string of the molecule is CN(CC(O)C(F)(F)F)C(=O)c1cc(-c2ccco2)on1. The summed E-state index contributed by atoms with van der Waals surface area (Å²) in [6.45, 7) is -0.898. The number of hydrogen-bond donors (Lipinski definition) is 1. The van der Waals surface area contributed by atoms with Crippen LogP contribution in [0.25, 0.3) is 11.5 Å². The maximum absolute atomic E-state index is 12.2. The number of aliphatic hydroxyl groups is 1. The van der Waals surface area contributed by atoms with Gasteiger partial charge in [0.2, 0.25) is 5.76 Å². The third-order valence-corrected chi connectivity index (χ3v) is 2.66. The highest BCUT2D eigenvalue weighted by Crippen LogP contribution is 2.23. The number of aromatic nitrogens is 1. The van der Waals surface area contributed by atoms with Gasteiger partial charge in [-0.25, -0.2) is 0 Å². The molecule has 9 heteroatoms. The van der Waals surface area contributed by atoms with Crippen LogP contribution >= 0.6 is 0 Å². The summed E-state index contributed by atoms with van der Waals surface area (Å²) in [5.41, 5.74) is -0.182. The van der Waals surface area contributed by atoms with Crippen LogP contribution in [-0.4, -0.2) is 46.9 Å². The summed E-state index contributed by atoms with van der Waals surface area (Å²) in [6.07, 6.45) is -6.02. The van der Waals surface area contributed by atoms with Gasteiger partial charge in [-0.2, -0.15) is 13.2 Å². The maximum atomic E-state index is 12.2. The highest BCUT2D eigenvalue weighted by molar-refractivity contribution is 5.92. The van der Waals surface area contributed by atoms with E-state index in [1.54, 1.807) is 12.1 Å². The molecule has 0 saturated carbocycles. The van der Waals surface area contributed by atoms with Gasteiger partial charge in [-0.05, 0) is 12.1 Å². The number of halogens is 3. The number of likely N-dealkylation sites (N-methyl/N-ethyl adjacent to an activating group) is 1. The van der Waals surface area contributed by atoms with Crippen LogP contribution in [0, 0.1) is 0 Å². The lowest BCUT2D eigenvalue weighted by atomic mass is 10.2. The van der Waals surface area contributed by atoms with E-state index in [4.69, 9.17) is 14.0 Å². The molecule has 2 heterocycles. The van der Waals surface area contributed by atoms with E-state index in [-0.39, 0.29) is 11.5 Å². The van der Waals surface area contributed by atoms with Crippen LogP contribution in [0.4, 0.5) is 13.2 Å². The fourth-order valence-electron chi connectivity index (χ4n) is 1.55.